The Hall–Kier alpha value is -1.92. The van der Waals surface area contributed by atoms with Crippen molar-refractivity contribution in [2.24, 2.45) is 0 Å². The van der Waals surface area contributed by atoms with Gasteiger partial charge in [0.05, 0.1) is 11.1 Å². The normalized spacial score (nSPS) is 28.8. The van der Waals surface area contributed by atoms with Crippen molar-refractivity contribution in [3.05, 3.63) is 35.4 Å². The molecule has 2 fully saturated rings. The average molecular weight is 236 g/mol. The largest absolute Gasteiger partial charge is 0.478 e. The highest BCUT2D eigenvalue weighted by molar-refractivity contribution is 6.02. The van der Waals surface area contributed by atoms with Gasteiger partial charge in [-0.25, -0.2) is 9.59 Å². The second kappa shape index (κ2) is 3.54. The van der Waals surface area contributed by atoms with E-state index in [1.165, 1.54) is 12.1 Å². The molecule has 3 atom stereocenters. The smallest absolute Gasteiger partial charge is 0.341 e. The van der Waals surface area contributed by atoms with Crippen molar-refractivity contribution in [3.8, 4) is 0 Å². The number of carbonyl (C=O) groups excluding carboxylic acids is 1. The summed E-state index contributed by atoms with van der Waals surface area (Å²) in [7, 11) is 0. The molecule has 0 amide bonds. The maximum Gasteiger partial charge on any atom is 0.341 e. The van der Waals surface area contributed by atoms with Crippen LogP contribution in [-0.4, -0.2) is 35.7 Å². The van der Waals surface area contributed by atoms with Crippen LogP contribution < -0.4 is 0 Å². The lowest BCUT2D eigenvalue weighted by Crippen LogP contribution is -2.37. The summed E-state index contributed by atoms with van der Waals surface area (Å²) in [6, 6.07) is 5.86. The van der Waals surface area contributed by atoms with Gasteiger partial charge < -0.3 is 19.3 Å². The fraction of sp³-hybridized carbons (Fsp3) is 0.273. The zero-order valence-electron chi connectivity index (χ0n) is 8.53. The molecule has 88 valence electrons. The standard InChI is InChI=1S/C11H8O6/c12-8(13)5-3-1-2-4-6(5)9(14)16-11-7-10(15-7)17-11/h1-4,7,10-11H,(H,12,13). The number of esters is 1. The Kier molecular flexibility index (Phi) is 2.13. The molecular formula is C11H8O6. The minimum Gasteiger partial charge on any atom is -0.478 e. The van der Waals surface area contributed by atoms with Gasteiger partial charge in [-0.15, -0.1) is 0 Å². The van der Waals surface area contributed by atoms with Gasteiger partial charge >= 0.3 is 11.9 Å². The molecule has 2 aliphatic rings. The molecule has 3 rings (SSSR count). The SMILES string of the molecule is O=C(O)c1ccccc1C(=O)OC1OC2OC12. The van der Waals surface area contributed by atoms with E-state index in [9.17, 15) is 9.59 Å². The minimum atomic E-state index is -1.17. The Balaban J connectivity index is 1.77. The van der Waals surface area contributed by atoms with Crippen molar-refractivity contribution in [2.75, 3.05) is 0 Å². The average Bonchev–Trinajstić information content (AvgIpc) is 2.97. The van der Waals surface area contributed by atoms with Gasteiger partial charge in [0.2, 0.25) is 6.29 Å². The van der Waals surface area contributed by atoms with E-state index >= 15 is 0 Å². The van der Waals surface area contributed by atoms with Gasteiger partial charge in [0.1, 0.15) is 0 Å². The maximum absolute atomic E-state index is 11.7. The molecule has 3 unspecified atom stereocenters. The first-order chi connectivity index (χ1) is 8.16. The molecule has 0 spiro atoms. The van der Waals surface area contributed by atoms with E-state index < -0.39 is 18.2 Å². The maximum atomic E-state index is 11.7. The molecular weight excluding hydrogens is 228 g/mol. The van der Waals surface area contributed by atoms with Crippen molar-refractivity contribution in [1.82, 2.24) is 0 Å². The predicted molar refractivity (Wildman–Crippen MR) is 52.4 cm³/mol. The summed E-state index contributed by atoms with van der Waals surface area (Å²) < 4.78 is 14.9. The number of ether oxygens (including phenoxy) is 3. The predicted octanol–water partition coefficient (Wildman–Crippen LogP) is 0.623. The molecule has 17 heavy (non-hydrogen) atoms. The molecule has 0 saturated carbocycles. The van der Waals surface area contributed by atoms with Crippen LogP contribution in [-0.2, 0) is 14.2 Å². The number of carboxylic acid groups (broad SMARTS) is 1. The number of epoxide rings is 1. The van der Waals surface area contributed by atoms with Crippen LogP contribution >= 0.6 is 0 Å². The van der Waals surface area contributed by atoms with Crippen LogP contribution in [0.3, 0.4) is 0 Å². The second-order valence-electron chi connectivity index (χ2n) is 3.73. The molecule has 0 aliphatic carbocycles. The summed E-state index contributed by atoms with van der Waals surface area (Å²) in [5.74, 6) is -1.89. The van der Waals surface area contributed by atoms with Crippen LogP contribution in [0.4, 0.5) is 0 Å². The molecule has 1 aromatic carbocycles. The quantitative estimate of drug-likeness (QED) is 0.611. The van der Waals surface area contributed by atoms with Gasteiger partial charge in [-0.1, -0.05) is 12.1 Å². The number of benzene rings is 1. The third kappa shape index (κ3) is 1.67. The van der Waals surface area contributed by atoms with Gasteiger partial charge in [-0.05, 0) is 12.1 Å². The van der Waals surface area contributed by atoms with Crippen molar-refractivity contribution >= 4 is 11.9 Å². The van der Waals surface area contributed by atoms with Crippen molar-refractivity contribution < 1.29 is 28.9 Å². The second-order valence-corrected chi connectivity index (χ2v) is 3.73. The summed E-state index contributed by atoms with van der Waals surface area (Å²) in [5.41, 5.74) is -0.0854. The lowest BCUT2D eigenvalue weighted by molar-refractivity contribution is -0.172. The van der Waals surface area contributed by atoms with E-state index in [1.54, 1.807) is 12.1 Å². The first-order valence-corrected chi connectivity index (χ1v) is 5.01. The number of rotatable bonds is 3. The Labute approximate surface area is 95.7 Å². The molecule has 0 bridgehead atoms. The van der Waals surface area contributed by atoms with Gasteiger partial charge in [-0.3, -0.25) is 0 Å². The Morgan fingerprint density at radius 3 is 2.41 bits per heavy atom. The Morgan fingerprint density at radius 2 is 1.88 bits per heavy atom. The van der Waals surface area contributed by atoms with Crippen molar-refractivity contribution in [2.45, 2.75) is 18.7 Å². The number of fused-ring (bicyclic) bond motifs is 1. The monoisotopic (exact) mass is 236 g/mol. The summed E-state index contributed by atoms with van der Waals surface area (Å²) in [6.45, 7) is 0. The first kappa shape index (κ1) is 10.2. The molecule has 6 heteroatoms. The van der Waals surface area contributed by atoms with Crippen LogP contribution in [0.5, 0.6) is 0 Å². The molecule has 2 saturated heterocycles. The fourth-order valence-corrected chi connectivity index (χ4v) is 1.64. The summed E-state index contributed by atoms with van der Waals surface area (Å²) in [6.07, 6.45) is -1.15. The van der Waals surface area contributed by atoms with Crippen LogP contribution in [0, 0.1) is 0 Å². The zero-order chi connectivity index (χ0) is 12.0. The molecule has 6 nitrogen and oxygen atoms in total. The van der Waals surface area contributed by atoms with Crippen molar-refractivity contribution in [1.29, 1.82) is 0 Å². The topological polar surface area (TPSA) is 85.4 Å². The molecule has 0 radical (unpaired) electrons. The van der Waals surface area contributed by atoms with Crippen LogP contribution in [0.2, 0.25) is 0 Å². The van der Waals surface area contributed by atoms with E-state index in [0.29, 0.717) is 0 Å². The van der Waals surface area contributed by atoms with E-state index in [1.807, 2.05) is 0 Å². The van der Waals surface area contributed by atoms with Crippen LogP contribution in [0.15, 0.2) is 24.3 Å². The first-order valence-electron chi connectivity index (χ1n) is 5.01. The van der Waals surface area contributed by atoms with E-state index in [2.05, 4.69) is 0 Å². The number of hydrogen-bond acceptors (Lipinski definition) is 5. The lowest BCUT2D eigenvalue weighted by atomic mass is 10.1. The molecule has 2 heterocycles. The molecule has 1 N–H and O–H groups in total. The summed E-state index contributed by atoms with van der Waals surface area (Å²) in [5, 5.41) is 8.92. The van der Waals surface area contributed by atoms with E-state index in [-0.39, 0.29) is 23.5 Å². The molecule has 0 aromatic heterocycles. The van der Waals surface area contributed by atoms with Gasteiger partial charge in [0, 0.05) is 0 Å². The van der Waals surface area contributed by atoms with Crippen LogP contribution in [0.1, 0.15) is 20.7 Å². The lowest BCUT2D eigenvalue weighted by Gasteiger charge is -2.21. The van der Waals surface area contributed by atoms with Crippen LogP contribution in [0.25, 0.3) is 0 Å². The number of hydrogen-bond donors (Lipinski definition) is 1. The zero-order valence-corrected chi connectivity index (χ0v) is 8.53. The molecule has 1 aromatic rings. The number of carbonyl (C=O) groups is 2. The highest BCUT2D eigenvalue weighted by Gasteiger charge is 2.61. The van der Waals surface area contributed by atoms with E-state index in [4.69, 9.17) is 19.3 Å². The summed E-state index contributed by atoms with van der Waals surface area (Å²) >= 11 is 0. The van der Waals surface area contributed by atoms with E-state index in [0.717, 1.165) is 0 Å². The third-order valence-electron chi connectivity index (χ3n) is 2.62. The Morgan fingerprint density at radius 1 is 1.18 bits per heavy atom. The molecule has 2 aliphatic heterocycles. The Bertz CT molecular complexity index is 496. The van der Waals surface area contributed by atoms with Crippen molar-refractivity contribution in [3.63, 3.8) is 0 Å². The highest BCUT2D eigenvalue weighted by atomic mass is 16.9. The van der Waals surface area contributed by atoms with Gasteiger partial charge in [0.15, 0.2) is 12.4 Å². The summed E-state index contributed by atoms with van der Waals surface area (Å²) in [4.78, 5) is 22.6. The van der Waals surface area contributed by atoms with Gasteiger partial charge in [0.25, 0.3) is 0 Å². The minimum absolute atomic E-state index is 0.00713. The fourth-order valence-electron chi connectivity index (χ4n) is 1.64. The number of carboxylic acids is 1. The highest BCUT2D eigenvalue weighted by Crippen LogP contribution is 2.40. The number of aromatic carboxylic acids is 1. The van der Waals surface area contributed by atoms with Gasteiger partial charge in [-0.2, -0.15) is 0 Å². The third-order valence-corrected chi connectivity index (χ3v) is 2.62.